The van der Waals surface area contributed by atoms with Crippen LogP contribution in [0.2, 0.25) is 0 Å². The summed E-state index contributed by atoms with van der Waals surface area (Å²) in [7, 11) is 0. The molecule has 2 aromatic carbocycles. The number of rotatable bonds is 6. The van der Waals surface area contributed by atoms with Gasteiger partial charge in [0.05, 0.1) is 12.0 Å². The summed E-state index contributed by atoms with van der Waals surface area (Å²) in [5.41, 5.74) is 2.86. The molecule has 2 aromatic rings. The van der Waals surface area contributed by atoms with Gasteiger partial charge in [-0.1, -0.05) is 63.2 Å². The predicted molar refractivity (Wildman–Crippen MR) is 119 cm³/mol. The Bertz CT molecular complexity index is 932. The lowest BCUT2D eigenvalue weighted by molar-refractivity contribution is -0.151. The van der Waals surface area contributed by atoms with Gasteiger partial charge in [0.2, 0.25) is 5.91 Å². The van der Waals surface area contributed by atoms with Crippen LogP contribution in [0.5, 0.6) is 0 Å². The molecule has 3 rings (SSSR count). The zero-order valence-electron chi connectivity index (χ0n) is 18.6. The number of nitrogens with one attached hydrogen (secondary N) is 1. The summed E-state index contributed by atoms with van der Waals surface area (Å²) < 4.78 is 5.19. The first-order valence-electron chi connectivity index (χ1n) is 10.6. The zero-order valence-corrected chi connectivity index (χ0v) is 18.6. The van der Waals surface area contributed by atoms with Gasteiger partial charge < -0.3 is 15.0 Å². The Hall–Kier alpha value is -3.15. The van der Waals surface area contributed by atoms with E-state index in [2.05, 4.69) is 26.1 Å². The number of likely N-dealkylation sites (tertiary alicyclic amines) is 1. The molecule has 0 radical (unpaired) electrons. The molecule has 1 saturated heterocycles. The Kier molecular flexibility index (Phi) is 6.78. The van der Waals surface area contributed by atoms with Crippen LogP contribution in [0.15, 0.2) is 54.6 Å². The van der Waals surface area contributed by atoms with Gasteiger partial charge in [-0.15, -0.1) is 0 Å². The molecule has 2 amide bonds. The van der Waals surface area contributed by atoms with E-state index in [1.54, 1.807) is 4.90 Å². The fraction of sp³-hybridized carbons (Fsp3) is 0.400. The van der Waals surface area contributed by atoms with Gasteiger partial charge in [-0.05, 0) is 35.6 Å². The summed E-state index contributed by atoms with van der Waals surface area (Å²) in [5, 5.41) is 2.73. The van der Waals surface area contributed by atoms with Crippen LogP contribution in [0.1, 0.15) is 51.3 Å². The van der Waals surface area contributed by atoms with E-state index in [1.807, 2.05) is 61.5 Å². The van der Waals surface area contributed by atoms with Crippen molar-refractivity contribution in [3.63, 3.8) is 0 Å². The molecule has 0 aliphatic carbocycles. The summed E-state index contributed by atoms with van der Waals surface area (Å²) in [6.07, 6.45) is 0.103. The second-order valence-electron chi connectivity index (χ2n) is 9.02. The van der Waals surface area contributed by atoms with Crippen LogP contribution < -0.4 is 5.32 Å². The second kappa shape index (κ2) is 9.33. The Morgan fingerprint density at radius 2 is 1.74 bits per heavy atom. The van der Waals surface area contributed by atoms with E-state index < -0.39 is 17.8 Å². The molecule has 1 aliphatic rings. The maximum atomic E-state index is 12.4. The molecule has 0 saturated carbocycles. The number of nitrogens with zero attached hydrogens (tertiary/aromatic N) is 1. The molecule has 1 heterocycles. The summed E-state index contributed by atoms with van der Waals surface area (Å²) in [4.78, 5) is 38.7. The minimum absolute atomic E-state index is 0.0304. The van der Waals surface area contributed by atoms with Crippen molar-refractivity contribution in [3.05, 3.63) is 65.7 Å². The fourth-order valence-corrected chi connectivity index (χ4v) is 3.68. The fourth-order valence-electron chi connectivity index (χ4n) is 3.68. The molecule has 1 fully saturated rings. The molecule has 31 heavy (non-hydrogen) atoms. The Balaban J connectivity index is 1.49. The van der Waals surface area contributed by atoms with Crippen molar-refractivity contribution >= 4 is 23.5 Å². The highest BCUT2D eigenvalue weighted by Crippen LogP contribution is 2.29. The number of carbonyl (C=O) groups excluding carboxylic acids is 3. The minimum Gasteiger partial charge on any atom is -0.455 e. The molecule has 6 heteroatoms. The minimum atomic E-state index is -0.558. The van der Waals surface area contributed by atoms with Gasteiger partial charge in [0.25, 0.3) is 5.91 Å². The van der Waals surface area contributed by atoms with Crippen LogP contribution in [0.4, 0.5) is 5.69 Å². The number of anilines is 1. The average molecular weight is 423 g/mol. The number of esters is 1. The first-order valence-corrected chi connectivity index (χ1v) is 10.6. The van der Waals surface area contributed by atoms with Crippen LogP contribution in [-0.4, -0.2) is 35.8 Å². The lowest BCUT2D eigenvalue weighted by Crippen LogP contribution is -2.30. The molecular formula is C25H30N2O4. The Morgan fingerprint density at radius 3 is 2.35 bits per heavy atom. The Morgan fingerprint density at radius 1 is 1.10 bits per heavy atom. The summed E-state index contributed by atoms with van der Waals surface area (Å²) >= 11 is 0. The van der Waals surface area contributed by atoms with E-state index in [-0.39, 0.29) is 30.4 Å². The Labute approximate surface area is 183 Å². The van der Waals surface area contributed by atoms with Crippen LogP contribution in [0, 0.1) is 5.92 Å². The summed E-state index contributed by atoms with van der Waals surface area (Å²) in [5.74, 6) is -1.57. The lowest BCUT2D eigenvalue weighted by Gasteiger charge is -2.25. The van der Waals surface area contributed by atoms with Gasteiger partial charge in [0, 0.05) is 18.7 Å². The molecule has 2 atom stereocenters. The third kappa shape index (κ3) is 5.72. The van der Waals surface area contributed by atoms with E-state index in [1.165, 1.54) is 0 Å². The van der Waals surface area contributed by atoms with Crippen LogP contribution >= 0.6 is 0 Å². The molecule has 0 unspecified atom stereocenters. The topological polar surface area (TPSA) is 75.7 Å². The molecule has 0 aromatic heterocycles. The number of hydrogen-bond acceptors (Lipinski definition) is 4. The first kappa shape index (κ1) is 22.5. The van der Waals surface area contributed by atoms with Gasteiger partial charge in [-0.2, -0.15) is 0 Å². The highest BCUT2D eigenvalue weighted by molar-refractivity contribution is 5.93. The maximum Gasteiger partial charge on any atom is 0.311 e. The van der Waals surface area contributed by atoms with Gasteiger partial charge in [0.15, 0.2) is 6.61 Å². The molecular weight excluding hydrogens is 392 g/mol. The highest BCUT2D eigenvalue weighted by Gasteiger charge is 2.38. The third-order valence-corrected chi connectivity index (χ3v) is 5.62. The standard InChI is InChI=1S/C25H30N2O4/c1-17(18-8-6-5-7-9-18)27-15-19(14-23(27)29)24(30)31-16-22(28)26-21-12-10-20(11-13-21)25(2,3)4/h5-13,17,19H,14-16H2,1-4H3,(H,26,28)/t17-,19+/m1/s1. The zero-order chi connectivity index (χ0) is 22.6. The van der Waals surface area contributed by atoms with Crippen LogP contribution in [0.25, 0.3) is 0 Å². The molecule has 6 nitrogen and oxygen atoms in total. The summed E-state index contributed by atoms with van der Waals surface area (Å²) in [6, 6.07) is 17.2. The van der Waals surface area contributed by atoms with E-state index in [0.29, 0.717) is 12.2 Å². The number of benzene rings is 2. The van der Waals surface area contributed by atoms with E-state index in [9.17, 15) is 14.4 Å². The first-order chi connectivity index (χ1) is 14.6. The lowest BCUT2D eigenvalue weighted by atomic mass is 9.87. The van der Waals surface area contributed by atoms with Gasteiger partial charge in [0.1, 0.15) is 0 Å². The monoisotopic (exact) mass is 422 g/mol. The number of amides is 2. The van der Waals surface area contributed by atoms with Crippen molar-refractivity contribution in [1.29, 1.82) is 0 Å². The second-order valence-corrected chi connectivity index (χ2v) is 9.02. The van der Waals surface area contributed by atoms with Crippen LogP contribution in [-0.2, 0) is 24.5 Å². The van der Waals surface area contributed by atoms with E-state index >= 15 is 0 Å². The molecule has 0 spiro atoms. The van der Waals surface area contributed by atoms with Crippen molar-refractivity contribution in [1.82, 2.24) is 4.90 Å². The molecule has 164 valence electrons. The molecule has 1 aliphatic heterocycles. The SMILES string of the molecule is C[C@H](c1ccccc1)N1C[C@@H](C(=O)OCC(=O)Nc2ccc(C(C)(C)C)cc2)CC1=O. The predicted octanol–water partition coefficient (Wildman–Crippen LogP) is 4.08. The molecule has 1 N–H and O–H groups in total. The normalized spacial score (nSPS) is 17.4. The molecule has 0 bridgehead atoms. The third-order valence-electron chi connectivity index (χ3n) is 5.62. The van der Waals surface area contributed by atoms with E-state index in [0.717, 1.165) is 11.1 Å². The van der Waals surface area contributed by atoms with Gasteiger partial charge in [-0.3, -0.25) is 14.4 Å². The quantitative estimate of drug-likeness (QED) is 0.712. The van der Waals surface area contributed by atoms with Crippen molar-refractivity contribution in [2.75, 3.05) is 18.5 Å². The smallest absolute Gasteiger partial charge is 0.311 e. The van der Waals surface area contributed by atoms with Gasteiger partial charge in [-0.25, -0.2) is 0 Å². The van der Waals surface area contributed by atoms with Crippen molar-refractivity contribution in [2.45, 2.75) is 45.6 Å². The average Bonchev–Trinajstić information content (AvgIpc) is 3.13. The highest BCUT2D eigenvalue weighted by atomic mass is 16.5. The largest absolute Gasteiger partial charge is 0.455 e. The van der Waals surface area contributed by atoms with Crippen molar-refractivity contribution in [3.8, 4) is 0 Å². The van der Waals surface area contributed by atoms with Crippen molar-refractivity contribution in [2.24, 2.45) is 5.92 Å². The maximum absolute atomic E-state index is 12.4. The van der Waals surface area contributed by atoms with E-state index in [4.69, 9.17) is 4.74 Å². The number of hydrogen-bond donors (Lipinski definition) is 1. The number of carbonyl (C=O) groups is 3. The summed E-state index contributed by atoms with van der Waals surface area (Å²) in [6.45, 7) is 8.22. The number of ether oxygens (including phenoxy) is 1. The van der Waals surface area contributed by atoms with Gasteiger partial charge >= 0.3 is 5.97 Å². The van der Waals surface area contributed by atoms with Crippen LogP contribution in [0.3, 0.4) is 0 Å². The van der Waals surface area contributed by atoms with Crippen molar-refractivity contribution < 1.29 is 19.1 Å².